The summed E-state index contributed by atoms with van der Waals surface area (Å²) in [6, 6.07) is 2.90. The number of aromatic hydroxyl groups is 1. The standard InChI is InChI=1S/C13H15N3O4S/c1-6-4-8-5-9(21(18,19)20)12(16-15-3)13(17)10(8)11(14)7(6)2/h4-5,17H,14H2,1-3H3,(H,18,19,20). The van der Waals surface area contributed by atoms with Crippen molar-refractivity contribution in [2.45, 2.75) is 18.7 Å². The average molecular weight is 309 g/mol. The molecule has 0 aromatic heterocycles. The number of azo groups is 1. The normalized spacial score (nSPS) is 12.4. The second-order valence-corrected chi connectivity index (χ2v) is 6.07. The number of hydrogen-bond donors (Lipinski definition) is 3. The summed E-state index contributed by atoms with van der Waals surface area (Å²) in [5.74, 6) is -0.425. The summed E-state index contributed by atoms with van der Waals surface area (Å²) in [4.78, 5) is -0.513. The maximum Gasteiger partial charge on any atom is 0.296 e. The van der Waals surface area contributed by atoms with E-state index in [2.05, 4.69) is 10.2 Å². The van der Waals surface area contributed by atoms with Crippen molar-refractivity contribution in [3.05, 3.63) is 23.3 Å². The molecular weight excluding hydrogens is 294 g/mol. The second-order valence-electron chi connectivity index (χ2n) is 4.68. The summed E-state index contributed by atoms with van der Waals surface area (Å²) in [6.07, 6.45) is 0. The molecule has 0 fully saturated rings. The topological polar surface area (TPSA) is 125 Å². The Labute approximate surface area is 121 Å². The summed E-state index contributed by atoms with van der Waals surface area (Å²) < 4.78 is 32.2. The molecule has 2 rings (SSSR count). The predicted molar refractivity (Wildman–Crippen MR) is 79.8 cm³/mol. The highest BCUT2D eigenvalue weighted by atomic mass is 32.2. The molecule has 21 heavy (non-hydrogen) atoms. The third-order valence-electron chi connectivity index (χ3n) is 3.38. The molecule has 0 aliphatic carbocycles. The molecule has 0 aliphatic rings. The maximum absolute atomic E-state index is 11.5. The van der Waals surface area contributed by atoms with Crippen LogP contribution >= 0.6 is 0 Å². The average Bonchev–Trinajstić information content (AvgIpc) is 2.37. The van der Waals surface area contributed by atoms with Gasteiger partial charge in [0, 0.05) is 18.1 Å². The fourth-order valence-corrected chi connectivity index (χ4v) is 2.84. The van der Waals surface area contributed by atoms with Gasteiger partial charge in [0.15, 0.2) is 5.75 Å². The number of phenolic OH excluding ortho intramolecular Hbond substituents is 1. The van der Waals surface area contributed by atoms with Crippen molar-refractivity contribution in [3.8, 4) is 5.75 Å². The Morgan fingerprint density at radius 1 is 1.24 bits per heavy atom. The van der Waals surface area contributed by atoms with Gasteiger partial charge in [-0.05, 0) is 36.4 Å². The van der Waals surface area contributed by atoms with Gasteiger partial charge in [-0.25, -0.2) is 0 Å². The molecule has 0 amide bonds. The van der Waals surface area contributed by atoms with Crippen LogP contribution in [-0.2, 0) is 10.1 Å². The van der Waals surface area contributed by atoms with Gasteiger partial charge in [-0.2, -0.15) is 18.6 Å². The molecule has 4 N–H and O–H groups in total. The van der Waals surface area contributed by atoms with Crippen molar-refractivity contribution in [3.63, 3.8) is 0 Å². The highest BCUT2D eigenvalue weighted by Gasteiger charge is 2.23. The summed E-state index contributed by atoms with van der Waals surface area (Å²) in [5.41, 5.74) is 7.61. The highest BCUT2D eigenvalue weighted by molar-refractivity contribution is 7.86. The van der Waals surface area contributed by atoms with Crippen LogP contribution in [0.2, 0.25) is 0 Å². The molecule has 7 nitrogen and oxygen atoms in total. The van der Waals surface area contributed by atoms with E-state index in [0.717, 1.165) is 11.1 Å². The number of aryl methyl sites for hydroxylation is 1. The maximum atomic E-state index is 11.5. The second kappa shape index (κ2) is 4.97. The monoisotopic (exact) mass is 309 g/mol. The van der Waals surface area contributed by atoms with Gasteiger partial charge in [-0.15, -0.1) is 0 Å². The Bertz CT molecular complexity index is 873. The number of nitrogens with zero attached hydrogens (tertiary/aromatic N) is 2. The molecular formula is C13H15N3O4S. The van der Waals surface area contributed by atoms with Crippen molar-refractivity contribution < 1.29 is 18.1 Å². The molecule has 0 spiro atoms. The van der Waals surface area contributed by atoms with Gasteiger partial charge in [0.25, 0.3) is 10.1 Å². The minimum Gasteiger partial charge on any atom is -0.505 e. The van der Waals surface area contributed by atoms with Gasteiger partial charge in [-0.3, -0.25) is 4.55 Å². The van der Waals surface area contributed by atoms with Crippen LogP contribution in [0.4, 0.5) is 11.4 Å². The Kier molecular flexibility index (Phi) is 3.60. The minimum atomic E-state index is -4.56. The van der Waals surface area contributed by atoms with Gasteiger partial charge >= 0.3 is 0 Å². The highest BCUT2D eigenvalue weighted by Crippen LogP contribution is 2.44. The van der Waals surface area contributed by atoms with Crippen LogP contribution in [0.3, 0.4) is 0 Å². The first kappa shape index (κ1) is 15.2. The third kappa shape index (κ3) is 2.43. The van der Waals surface area contributed by atoms with E-state index >= 15 is 0 Å². The van der Waals surface area contributed by atoms with Gasteiger partial charge in [0.05, 0.1) is 0 Å². The summed E-state index contributed by atoms with van der Waals surface area (Å²) >= 11 is 0. The SMILES string of the molecule is CN=Nc1c(S(=O)(=O)O)cc2cc(C)c(C)c(N)c2c1O. The van der Waals surface area contributed by atoms with Gasteiger partial charge < -0.3 is 10.8 Å². The van der Waals surface area contributed by atoms with Gasteiger partial charge in [-0.1, -0.05) is 6.07 Å². The van der Waals surface area contributed by atoms with Crippen LogP contribution in [0.15, 0.2) is 27.3 Å². The van der Waals surface area contributed by atoms with Crippen LogP contribution in [0, 0.1) is 13.8 Å². The Morgan fingerprint density at radius 2 is 1.86 bits per heavy atom. The number of anilines is 1. The van der Waals surface area contributed by atoms with Gasteiger partial charge in [0.1, 0.15) is 10.6 Å². The fourth-order valence-electron chi connectivity index (χ4n) is 2.19. The molecule has 0 unspecified atom stereocenters. The van der Waals surface area contributed by atoms with Crippen LogP contribution in [0.5, 0.6) is 5.75 Å². The number of nitrogens with two attached hydrogens (primary N) is 1. The Balaban J connectivity index is 3.09. The predicted octanol–water partition coefficient (Wildman–Crippen LogP) is 2.70. The lowest BCUT2D eigenvalue weighted by molar-refractivity contribution is 0.472. The first-order valence-corrected chi connectivity index (χ1v) is 7.45. The Morgan fingerprint density at radius 3 is 2.38 bits per heavy atom. The molecule has 2 aromatic rings. The molecule has 0 bridgehead atoms. The zero-order valence-electron chi connectivity index (χ0n) is 11.7. The van der Waals surface area contributed by atoms with Crippen LogP contribution in [0.1, 0.15) is 11.1 Å². The van der Waals surface area contributed by atoms with Gasteiger partial charge in [0.2, 0.25) is 0 Å². The van der Waals surface area contributed by atoms with Crippen molar-refractivity contribution in [2.24, 2.45) is 10.2 Å². The zero-order valence-corrected chi connectivity index (χ0v) is 12.6. The van der Waals surface area contributed by atoms with Crippen molar-refractivity contribution >= 4 is 32.3 Å². The summed E-state index contributed by atoms with van der Waals surface area (Å²) in [5, 5.41) is 18.1. The molecule has 0 saturated carbocycles. The minimum absolute atomic E-state index is 0.285. The Hall–Kier alpha value is -2.19. The lowest BCUT2D eigenvalue weighted by Gasteiger charge is -2.13. The molecule has 2 aromatic carbocycles. The molecule has 0 aliphatic heterocycles. The number of benzene rings is 2. The third-order valence-corrected chi connectivity index (χ3v) is 4.25. The van der Waals surface area contributed by atoms with Crippen LogP contribution < -0.4 is 5.73 Å². The van der Waals surface area contributed by atoms with E-state index in [1.54, 1.807) is 13.0 Å². The van der Waals surface area contributed by atoms with E-state index in [-0.39, 0.29) is 11.1 Å². The largest absolute Gasteiger partial charge is 0.505 e. The van der Waals surface area contributed by atoms with E-state index in [1.807, 2.05) is 6.92 Å². The van der Waals surface area contributed by atoms with E-state index in [1.165, 1.54) is 13.1 Å². The summed E-state index contributed by atoms with van der Waals surface area (Å²) in [6.45, 7) is 3.61. The van der Waals surface area contributed by atoms with Crippen LogP contribution in [0.25, 0.3) is 10.8 Å². The number of fused-ring (bicyclic) bond motifs is 1. The molecule has 0 radical (unpaired) electrons. The lowest BCUT2D eigenvalue weighted by atomic mass is 9.99. The first-order valence-electron chi connectivity index (χ1n) is 6.01. The van der Waals surface area contributed by atoms with E-state index in [4.69, 9.17) is 5.73 Å². The van der Waals surface area contributed by atoms with Crippen molar-refractivity contribution in [1.29, 1.82) is 0 Å². The number of hydrogen-bond acceptors (Lipinski definition) is 6. The molecule has 8 heteroatoms. The lowest BCUT2D eigenvalue weighted by Crippen LogP contribution is -2.01. The van der Waals surface area contributed by atoms with E-state index in [9.17, 15) is 18.1 Å². The number of nitrogen functional groups attached to an aromatic ring is 1. The van der Waals surface area contributed by atoms with Crippen LogP contribution in [-0.4, -0.2) is 25.1 Å². The van der Waals surface area contributed by atoms with Crippen molar-refractivity contribution in [2.75, 3.05) is 12.8 Å². The smallest absolute Gasteiger partial charge is 0.296 e. The van der Waals surface area contributed by atoms with Crippen molar-refractivity contribution in [1.82, 2.24) is 0 Å². The summed E-state index contributed by atoms with van der Waals surface area (Å²) in [7, 11) is -3.24. The molecule has 0 saturated heterocycles. The quantitative estimate of drug-likeness (QED) is 0.447. The first-order chi connectivity index (χ1) is 9.68. The molecule has 112 valence electrons. The fraction of sp³-hybridized carbons (Fsp3) is 0.231. The molecule has 0 heterocycles. The van der Waals surface area contributed by atoms with E-state index < -0.39 is 20.8 Å². The number of phenols is 1. The zero-order chi connectivity index (χ0) is 15.9. The molecule has 0 atom stereocenters. The van der Waals surface area contributed by atoms with E-state index in [0.29, 0.717) is 11.1 Å². The number of rotatable bonds is 2.